The molecule has 0 radical (unpaired) electrons. The number of thioether (sulfide) groups is 1. The van der Waals surface area contributed by atoms with E-state index in [0.29, 0.717) is 17.1 Å². The molecular weight excluding hydrogens is 238 g/mol. The molecule has 0 aliphatic carbocycles. The summed E-state index contributed by atoms with van der Waals surface area (Å²) in [4.78, 5) is 10.6. The van der Waals surface area contributed by atoms with E-state index < -0.39 is 0 Å². The summed E-state index contributed by atoms with van der Waals surface area (Å²) >= 11 is 1.42. The first-order valence-corrected chi connectivity index (χ1v) is 6.07. The lowest BCUT2D eigenvalue weighted by molar-refractivity contribution is -0.115. The van der Waals surface area contributed by atoms with Crippen LogP contribution in [0, 0.1) is 5.41 Å². The van der Waals surface area contributed by atoms with Gasteiger partial charge < -0.3 is 16.2 Å². The Morgan fingerprint density at radius 3 is 2.71 bits per heavy atom. The maximum Gasteiger partial charge on any atom is 0.227 e. The molecule has 5 N–H and O–H groups in total. The summed E-state index contributed by atoms with van der Waals surface area (Å²) in [5, 5.41) is 7.44. The van der Waals surface area contributed by atoms with Gasteiger partial charge in [0, 0.05) is 5.75 Å². The highest BCUT2D eigenvalue weighted by molar-refractivity contribution is 7.99. The van der Waals surface area contributed by atoms with Crippen LogP contribution in [0.15, 0.2) is 18.2 Å². The average Bonchev–Trinajstić information content (AvgIpc) is 2.28. The van der Waals surface area contributed by atoms with Crippen LogP contribution in [0.3, 0.4) is 0 Å². The summed E-state index contributed by atoms with van der Waals surface area (Å²) in [6.07, 6.45) is 0. The number of amides is 1. The molecule has 5 nitrogen and oxygen atoms in total. The highest BCUT2D eigenvalue weighted by Gasteiger charge is 2.07. The van der Waals surface area contributed by atoms with E-state index in [2.05, 4.69) is 0 Å². The number of hydrogen-bond donors (Lipinski definition) is 3. The zero-order valence-electron chi connectivity index (χ0n) is 9.53. The Bertz CT molecular complexity index is 435. The number of carbonyl (C=O) groups excluding carboxylic acids is 1. The van der Waals surface area contributed by atoms with Gasteiger partial charge in [-0.1, -0.05) is 6.07 Å². The van der Waals surface area contributed by atoms with Crippen LogP contribution < -0.4 is 16.2 Å². The van der Waals surface area contributed by atoms with Crippen LogP contribution in [-0.4, -0.2) is 24.6 Å². The molecule has 0 saturated heterocycles. The highest BCUT2D eigenvalue weighted by Crippen LogP contribution is 2.21. The van der Waals surface area contributed by atoms with E-state index >= 15 is 0 Å². The lowest BCUT2D eigenvalue weighted by Gasteiger charge is -2.09. The average molecular weight is 253 g/mol. The van der Waals surface area contributed by atoms with Gasteiger partial charge in [0.1, 0.15) is 11.6 Å². The van der Waals surface area contributed by atoms with Crippen molar-refractivity contribution in [1.29, 1.82) is 5.41 Å². The number of nitrogen functional groups attached to an aromatic ring is 1. The van der Waals surface area contributed by atoms with Gasteiger partial charge in [-0.3, -0.25) is 10.2 Å². The van der Waals surface area contributed by atoms with Gasteiger partial charge in [-0.25, -0.2) is 0 Å². The molecule has 0 fully saturated rings. The van der Waals surface area contributed by atoms with Gasteiger partial charge in [0.15, 0.2) is 0 Å². The lowest BCUT2D eigenvalue weighted by Crippen LogP contribution is -2.14. The fourth-order valence-corrected chi connectivity index (χ4v) is 2.04. The summed E-state index contributed by atoms with van der Waals surface area (Å²) in [5.74, 6) is 1.12. The Kier molecular flexibility index (Phi) is 4.84. The third-order valence-electron chi connectivity index (χ3n) is 2.07. The number of hydrogen-bond acceptors (Lipinski definition) is 4. The molecule has 92 valence electrons. The molecule has 1 aromatic rings. The molecule has 17 heavy (non-hydrogen) atoms. The summed E-state index contributed by atoms with van der Waals surface area (Å²) in [5.41, 5.74) is 12.0. The minimum Gasteiger partial charge on any atom is -0.496 e. The second-order valence-electron chi connectivity index (χ2n) is 3.41. The first-order chi connectivity index (χ1) is 8.04. The monoisotopic (exact) mass is 253 g/mol. The van der Waals surface area contributed by atoms with Gasteiger partial charge >= 0.3 is 0 Å². The topological polar surface area (TPSA) is 102 Å². The number of nitrogens with one attached hydrogen (secondary N) is 1. The van der Waals surface area contributed by atoms with Crippen molar-refractivity contribution in [3.63, 3.8) is 0 Å². The van der Waals surface area contributed by atoms with Crippen LogP contribution in [0.4, 0.5) is 0 Å². The van der Waals surface area contributed by atoms with Crippen molar-refractivity contribution >= 4 is 23.5 Å². The zero-order valence-corrected chi connectivity index (χ0v) is 10.3. The first kappa shape index (κ1) is 13.4. The van der Waals surface area contributed by atoms with Crippen LogP contribution in [0.25, 0.3) is 0 Å². The van der Waals surface area contributed by atoms with Crippen molar-refractivity contribution in [2.24, 2.45) is 11.5 Å². The fourth-order valence-electron chi connectivity index (χ4n) is 1.32. The largest absolute Gasteiger partial charge is 0.496 e. The molecule has 0 atom stereocenters. The molecule has 0 aliphatic rings. The fraction of sp³-hybridized carbons (Fsp3) is 0.273. The van der Waals surface area contributed by atoms with Crippen molar-refractivity contribution in [3.05, 3.63) is 29.3 Å². The van der Waals surface area contributed by atoms with E-state index in [9.17, 15) is 4.79 Å². The van der Waals surface area contributed by atoms with E-state index in [1.807, 2.05) is 6.07 Å². The van der Waals surface area contributed by atoms with Crippen molar-refractivity contribution in [3.8, 4) is 5.75 Å². The molecule has 0 aromatic heterocycles. The third-order valence-corrected chi connectivity index (χ3v) is 3.09. The molecule has 0 spiro atoms. The maximum atomic E-state index is 10.6. The Balaban J connectivity index is 2.78. The van der Waals surface area contributed by atoms with Crippen LogP contribution in [-0.2, 0) is 10.5 Å². The van der Waals surface area contributed by atoms with Gasteiger partial charge in [0.2, 0.25) is 5.91 Å². The quantitative estimate of drug-likeness (QED) is 0.513. The molecule has 0 bridgehead atoms. The molecular formula is C11H15N3O2S. The summed E-state index contributed by atoms with van der Waals surface area (Å²) in [6, 6.07) is 5.42. The van der Waals surface area contributed by atoms with Crippen LogP contribution in [0.1, 0.15) is 11.1 Å². The van der Waals surface area contributed by atoms with Gasteiger partial charge in [-0.15, -0.1) is 11.8 Å². The second-order valence-corrected chi connectivity index (χ2v) is 4.39. The van der Waals surface area contributed by atoms with Gasteiger partial charge in [-0.2, -0.15) is 0 Å². The number of ether oxygens (including phenoxy) is 1. The number of benzene rings is 1. The molecule has 0 aliphatic heterocycles. The van der Waals surface area contributed by atoms with Crippen molar-refractivity contribution in [2.45, 2.75) is 5.75 Å². The van der Waals surface area contributed by atoms with Gasteiger partial charge in [0.05, 0.1) is 18.4 Å². The molecule has 6 heteroatoms. The van der Waals surface area contributed by atoms with E-state index in [1.165, 1.54) is 18.9 Å². The molecule has 0 heterocycles. The zero-order chi connectivity index (χ0) is 12.8. The highest BCUT2D eigenvalue weighted by atomic mass is 32.2. The van der Waals surface area contributed by atoms with Gasteiger partial charge in [-0.05, 0) is 17.7 Å². The number of nitrogens with two attached hydrogens (primary N) is 2. The molecule has 1 rings (SSSR count). The summed E-state index contributed by atoms with van der Waals surface area (Å²) < 4.78 is 5.10. The summed E-state index contributed by atoms with van der Waals surface area (Å²) in [7, 11) is 1.53. The van der Waals surface area contributed by atoms with Crippen molar-refractivity contribution in [2.75, 3.05) is 12.9 Å². The number of carbonyl (C=O) groups is 1. The van der Waals surface area contributed by atoms with E-state index in [0.717, 1.165) is 5.56 Å². The van der Waals surface area contributed by atoms with Crippen molar-refractivity contribution < 1.29 is 9.53 Å². The Morgan fingerprint density at radius 2 is 2.18 bits per heavy atom. The maximum absolute atomic E-state index is 10.6. The lowest BCUT2D eigenvalue weighted by atomic mass is 10.1. The van der Waals surface area contributed by atoms with E-state index in [1.54, 1.807) is 12.1 Å². The number of rotatable bonds is 6. The minimum atomic E-state index is -0.338. The standard InChI is InChI=1S/C11H15N3O2S/c1-16-9-3-2-7(4-8(9)11(13)14)5-17-6-10(12)15/h2-4H,5-6H2,1H3,(H2,12,15)(H3,13,14). The minimum absolute atomic E-state index is 0.0383. The predicted octanol–water partition coefficient (Wildman–Crippen LogP) is 0.698. The molecule has 0 saturated carbocycles. The number of amidine groups is 1. The number of primary amides is 1. The van der Waals surface area contributed by atoms with Crippen LogP contribution in [0.5, 0.6) is 5.75 Å². The van der Waals surface area contributed by atoms with Crippen LogP contribution in [0.2, 0.25) is 0 Å². The Morgan fingerprint density at radius 1 is 1.47 bits per heavy atom. The number of methoxy groups -OCH3 is 1. The molecule has 1 aromatic carbocycles. The molecule has 1 amide bonds. The smallest absolute Gasteiger partial charge is 0.227 e. The SMILES string of the molecule is COc1ccc(CSCC(N)=O)cc1C(=N)N. The van der Waals surface area contributed by atoms with E-state index in [-0.39, 0.29) is 17.5 Å². The van der Waals surface area contributed by atoms with E-state index in [4.69, 9.17) is 21.6 Å². The van der Waals surface area contributed by atoms with Gasteiger partial charge in [0.25, 0.3) is 0 Å². The summed E-state index contributed by atoms with van der Waals surface area (Å²) in [6.45, 7) is 0. The third kappa shape index (κ3) is 3.99. The first-order valence-electron chi connectivity index (χ1n) is 4.92. The predicted molar refractivity (Wildman–Crippen MR) is 69.4 cm³/mol. The van der Waals surface area contributed by atoms with Crippen LogP contribution >= 0.6 is 11.8 Å². The normalized spacial score (nSPS) is 9.94. The Labute approximate surface area is 104 Å². The molecule has 0 unspecified atom stereocenters. The Hall–Kier alpha value is -1.69. The van der Waals surface area contributed by atoms with Crippen molar-refractivity contribution in [1.82, 2.24) is 0 Å². The second kappa shape index (κ2) is 6.15.